The Morgan fingerprint density at radius 2 is 2.22 bits per heavy atom. The van der Waals surface area contributed by atoms with Gasteiger partial charge in [-0.1, -0.05) is 0 Å². The number of methoxy groups -OCH3 is 1. The lowest BCUT2D eigenvalue weighted by Crippen LogP contribution is -2.32. The van der Waals surface area contributed by atoms with Crippen molar-refractivity contribution in [2.75, 3.05) is 20.2 Å². The van der Waals surface area contributed by atoms with Crippen molar-refractivity contribution < 1.29 is 14.2 Å². The van der Waals surface area contributed by atoms with E-state index in [0.29, 0.717) is 30.3 Å². The van der Waals surface area contributed by atoms with E-state index in [9.17, 15) is 9.50 Å². The molecule has 0 spiro atoms. The molecule has 0 bridgehead atoms. The van der Waals surface area contributed by atoms with E-state index in [4.69, 9.17) is 4.74 Å². The zero-order valence-electron chi connectivity index (χ0n) is 10.5. The maximum atomic E-state index is 14.0. The third-order valence-electron chi connectivity index (χ3n) is 4.02. The van der Waals surface area contributed by atoms with Gasteiger partial charge in [-0.05, 0) is 31.4 Å². The Kier molecular flexibility index (Phi) is 2.79. The van der Waals surface area contributed by atoms with Crippen LogP contribution in [0.15, 0.2) is 18.2 Å². The molecule has 1 N–H and O–H groups in total. The average Bonchev–Trinajstić information content (AvgIpc) is 3.13. The van der Waals surface area contributed by atoms with E-state index >= 15 is 0 Å². The van der Waals surface area contributed by atoms with Crippen molar-refractivity contribution >= 4 is 0 Å². The SMILES string of the molecule is COc1ccc(C2(O)CCN(C3CC3)C2)c(F)c1. The highest BCUT2D eigenvalue weighted by Gasteiger charge is 2.44. The fourth-order valence-electron chi connectivity index (χ4n) is 2.79. The first-order valence-electron chi connectivity index (χ1n) is 6.43. The summed E-state index contributed by atoms with van der Waals surface area (Å²) in [4.78, 5) is 2.27. The summed E-state index contributed by atoms with van der Waals surface area (Å²) < 4.78 is 19.0. The summed E-state index contributed by atoms with van der Waals surface area (Å²) in [6.07, 6.45) is 3.02. The molecule has 1 saturated carbocycles. The second kappa shape index (κ2) is 4.21. The van der Waals surface area contributed by atoms with Crippen molar-refractivity contribution in [3.8, 4) is 5.75 Å². The highest BCUT2D eigenvalue weighted by atomic mass is 19.1. The number of benzene rings is 1. The molecule has 98 valence electrons. The topological polar surface area (TPSA) is 32.7 Å². The van der Waals surface area contributed by atoms with Crippen LogP contribution in [0.4, 0.5) is 4.39 Å². The molecule has 3 nitrogen and oxygen atoms in total. The molecule has 1 atom stereocenters. The second-order valence-corrected chi connectivity index (χ2v) is 5.33. The predicted octanol–water partition coefficient (Wildman–Crippen LogP) is 1.89. The fraction of sp³-hybridized carbons (Fsp3) is 0.571. The first-order valence-corrected chi connectivity index (χ1v) is 6.43. The van der Waals surface area contributed by atoms with E-state index in [0.717, 1.165) is 6.54 Å². The zero-order chi connectivity index (χ0) is 12.8. The normalized spacial score (nSPS) is 28.6. The predicted molar refractivity (Wildman–Crippen MR) is 66.1 cm³/mol. The molecule has 0 amide bonds. The minimum absolute atomic E-state index is 0.380. The molecule has 0 aromatic heterocycles. The van der Waals surface area contributed by atoms with Gasteiger partial charge in [-0.15, -0.1) is 0 Å². The number of halogens is 1. The van der Waals surface area contributed by atoms with E-state index in [-0.39, 0.29) is 5.82 Å². The Balaban J connectivity index is 1.85. The van der Waals surface area contributed by atoms with Gasteiger partial charge < -0.3 is 9.84 Å². The second-order valence-electron chi connectivity index (χ2n) is 5.33. The largest absolute Gasteiger partial charge is 0.497 e. The Hall–Kier alpha value is -1.13. The number of aliphatic hydroxyl groups is 1. The molecule has 1 saturated heterocycles. The molecule has 1 aliphatic heterocycles. The van der Waals surface area contributed by atoms with Crippen LogP contribution < -0.4 is 4.74 Å². The van der Waals surface area contributed by atoms with E-state index in [2.05, 4.69) is 4.90 Å². The minimum Gasteiger partial charge on any atom is -0.497 e. The standard InChI is InChI=1S/C14H18FNO2/c1-18-11-4-5-12(13(15)8-11)14(17)6-7-16(9-14)10-2-3-10/h4-5,8,10,17H,2-3,6-7,9H2,1H3. The summed E-state index contributed by atoms with van der Waals surface area (Å²) in [6, 6.07) is 5.30. The van der Waals surface area contributed by atoms with Gasteiger partial charge >= 0.3 is 0 Å². The van der Waals surface area contributed by atoms with Crippen LogP contribution in [0.1, 0.15) is 24.8 Å². The highest BCUT2D eigenvalue weighted by molar-refractivity contribution is 5.33. The van der Waals surface area contributed by atoms with Crippen LogP contribution in [-0.2, 0) is 5.60 Å². The molecule has 1 unspecified atom stereocenters. The Bertz CT molecular complexity index is 461. The van der Waals surface area contributed by atoms with Gasteiger partial charge in [0, 0.05) is 30.8 Å². The third kappa shape index (κ3) is 1.99. The lowest BCUT2D eigenvalue weighted by Gasteiger charge is -2.24. The first-order chi connectivity index (χ1) is 8.62. The monoisotopic (exact) mass is 251 g/mol. The summed E-state index contributed by atoms with van der Waals surface area (Å²) in [5.41, 5.74) is -0.648. The lowest BCUT2D eigenvalue weighted by molar-refractivity contribution is 0.0416. The fourth-order valence-corrected chi connectivity index (χ4v) is 2.79. The average molecular weight is 251 g/mol. The zero-order valence-corrected chi connectivity index (χ0v) is 10.5. The molecule has 0 radical (unpaired) electrons. The number of β-amino-alcohol motifs (C(OH)–C–C–N with tert-alkyl or cyclic N) is 1. The van der Waals surface area contributed by atoms with Crippen LogP contribution in [0.5, 0.6) is 5.75 Å². The molecular formula is C14H18FNO2. The molecule has 1 aliphatic carbocycles. The van der Waals surface area contributed by atoms with Gasteiger partial charge in [0.15, 0.2) is 0 Å². The van der Waals surface area contributed by atoms with Gasteiger partial charge in [-0.2, -0.15) is 0 Å². The Labute approximate surface area is 106 Å². The van der Waals surface area contributed by atoms with Crippen molar-refractivity contribution in [3.05, 3.63) is 29.6 Å². The minimum atomic E-state index is -1.04. The van der Waals surface area contributed by atoms with E-state index in [1.165, 1.54) is 26.0 Å². The summed E-state index contributed by atoms with van der Waals surface area (Å²) >= 11 is 0. The highest BCUT2D eigenvalue weighted by Crippen LogP contribution is 2.39. The number of hydrogen-bond donors (Lipinski definition) is 1. The van der Waals surface area contributed by atoms with Crippen LogP contribution >= 0.6 is 0 Å². The van der Waals surface area contributed by atoms with Gasteiger partial charge in [-0.3, -0.25) is 4.90 Å². The number of ether oxygens (including phenoxy) is 1. The van der Waals surface area contributed by atoms with Crippen molar-refractivity contribution in [3.63, 3.8) is 0 Å². The van der Waals surface area contributed by atoms with E-state index < -0.39 is 5.60 Å². The quantitative estimate of drug-likeness (QED) is 0.890. The number of rotatable bonds is 3. The van der Waals surface area contributed by atoms with Crippen molar-refractivity contribution in [1.29, 1.82) is 0 Å². The summed E-state index contributed by atoms with van der Waals surface area (Å²) in [5.74, 6) is 0.103. The summed E-state index contributed by atoms with van der Waals surface area (Å²) in [6.45, 7) is 1.40. The van der Waals surface area contributed by atoms with Crippen LogP contribution in [0.2, 0.25) is 0 Å². The smallest absolute Gasteiger partial charge is 0.133 e. The summed E-state index contributed by atoms with van der Waals surface area (Å²) in [5, 5.41) is 10.6. The molecule has 1 aromatic rings. The van der Waals surface area contributed by atoms with Crippen LogP contribution in [-0.4, -0.2) is 36.2 Å². The molecular weight excluding hydrogens is 233 g/mol. The Morgan fingerprint density at radius 3 is 2.83 bits per heavy atom. The number of hydrogen-bond acceptors (Lipinski definition) is 3. The van der Waals surface area contributed by atoms with Crippen molar-refractivity contribution in [1.82, 2.24) is 4.90 Å². The van der Waals surface area contributed by atoms with Gasteiger partial charge in [0.05, 0.1) is 7.11 Å². The molecule has 3 rings (SSSR count). The van der Waals surface area contributed by atoms with Crippen molar-refractivity contribution in [2.24, 2.45) is 0 Å². The van der Waals surface area contributed by atoms with Gasteiger partial charge in [0.2, 0.25) is 0 Å². The van der Waals surface area contributed by atoms with Crippen LogP contribution in [0, 0.1) is 5.82 Å². The van der Waals surface area contributed by atoms with Gasteiger partial charge in [-0.25, -0.2) is 4.39 Å². The molecule has 2 aliphatic rings. The van der Waals surface area contributed by atoms with Gasteiger partial charge in [0.25, 0.3) is 0 Å². The van der Waals surface area contributed by atoms with Gasteiger partial charge in [0.1, 0.15) is 17.2 Å². The van der Waals surface area contributed by atoms with E-state index in [1.54, 1.807) is 12.1 Å². The van der Waals surface area contributed by atoms with Crippen LogP contribution in [0.25, 0.3) is 0 Å². The number of nitrogens with zero attached hydrogens (tertiary/aromatic N) is 1. The Morgan fingerprint density at radius 1 is 1.44 bits per heavy atom. The van der Waals surface area contributed by atoms with Crippen LogP contribution in [0.3, 0.4) is 0 Å². The van der Waals surface area contributed by atoms with Crippen molar-refractivity contribution in [2.45, 2.75) is 30.9 Å². The third-order valence-corrected chi connectivity index (χ3v) is 4.02. The maximum absolute atomic E-state index is 14.0. The first kappa shape index (κ1) is 11.9. The molecule has 18 heavy (non-hydrogen) atoms. The lowest BCUT2D eigenvalue weighted by atomic mass is 9.92. The summed E-state index contributed by atoms with van der Waals surface area (Å²) in [7, 11) is 1.51. The molecule has 1 heterocycles. The molecule has 4 heteroatoms. The van der Waals surface area contributed by atoms with E-state index in [1.807, 2.05) is 0 Å². The molecule has 1 aromatic carbocycles. The maximum Gasteiger partial charge on any atom is 0.133 e. The number of likely N-dealkylation sites (tertiary alicyclic amines) is 1. The molecule has 2 fully saturated rings.